The molecule has 5 N–H and O–H groups in total. The van der Waals surface area contributed by atoms with Crippen molar-refractivity contribution in [3.05, 3.63) is 24.3 Å². The SMILES string of the molecule is Nc1ccc(P(=O)(O)CP(=O)(O)O)cc1. The molecule has 0 radical (unpaired) electrons. The summed E-state index contributed by atoms with van der Waals surface area (Å²) in [5.74, 6) is -1.05. The van der Waals surface area contributed by atoms with Crippen molar-refractivity contribution in [1.29, 1.82) is 0 Å². The van der Waals surface area contributed by atoms with Crippen LogP contribution in [-0.4, -0.2) is 20.6 Å². The average molecular weight is 251 g/mol. The van der Waals surface area contributed by atoms with E-state index in [9.17, 15) is 14.0 Å². The van der Waals surface area contributed by atoms with E-state index in [1.807, 2.05) is 0 Å². The molecule has 0 amide bonds. The van der Waals surface area contributed by atoms with Crippen LogP contribution in [0.25, 0.3) is 0 Å². The van der Waals surface area contributed by atoms with Crippen LogP contribution in [0, 0.1) is 0 Å². The molecule has 1 aromatic carbocycles. The van der Waals surface area contributed by atoms with Gasteiger partial charge in [-0.15, -0.1) is 0 Å². The molecular weight excluding hydrogens is 240 g/mol. The monoisotopic (exact) mass is 251 g/mol. The maximum Gasteiger partial charge on any atom is 0.335 e. The van der Waals surface area contributed by atoms with Crippen molar-refractivity contribution < 1.29 is 23.8 Å². The van der Waals surface area contributed by atoms with Crippen molar-refractivity contribution in [2.45, 2.75) is 0 Å². The van der Waals surface area contributed by atoms with Crippen LogP contribution in [-0.2, 0) is 9.13 Å². The first-order chi connectivity index (χ1) is 6.71. The van der Waals surface area contributed by atoms with E-state index in [0.29, 0.717) is 5.69 Å². The van der Waals surface area contributed by atoms with Crippen molar-refractivity contribution in [2.24, 2.45) is 0 Å². The van der Waals surface area contributed by atoms with E-state index in [1.54, 1.807) is 0 Å². The Hall–Kier alpha value is -0.640. The standard InChI is InChI=1S/C7H11NO5P2/c8-6-1-3-7(4-2-6)14(9,10)5-15(11,12)13/h1-4H,5,8H2,(H,9,10)(H2,11,12,13). The van der Waals surface area contributed by atoms with E-state index in [2.05, 4.69) is 0 Å². The number of anilines is 1. The molecule has 0 heterocycles. The number of nitrogen functional groups attached to an aromatic ring is 1. The number of rotatable bonds is 3. The molecule has 0 aliphatic carbocycles. The normalized spacial score (nSPS) is 15.9. The van der Waals surface area contributed by atoms with E-state index in [1.165, 1.54) is 24.3 Å². The molecule has 0 bridgehead atoms. The molecule has 0 aliphatic rings. The predicted octanol–water partition coefficient (Wildman–Crippen LogP) is 0.300. The highest BCUT2D eigenvalue weighted by Gasteiger charge is 2.31. The Bertz CT molecular complexity index is 437. The molecular formula is C7H11NO5P2. The molecule has 0 aliphatic heterocycles. The Morgan fingerprint density at radius 1 is 1.07 bits per heavy atom. The lowest BCUT2D eigenvalue weighted by atomic mass is 10.3. The van der Waals surface area contributed by atoms with Gasteiger partial charge < -0.3 is 20.4 Å². The first-order valence-electron chi connectivity index (χ1n) is 3.93. The van der Waals surface area contributed by atoms with Crippen molar-refractivity contribution in [3.8, 4) is 0 Å². The molecule has 1 aromatic rings. The molecule has 84 valence electrons. The minimum atomic E-state index is -4.51. The second-order valence-electron chi connectivity index (χ2n) is 3.10. The second-order valence-corrected chi connectivity index (χ2v) is 7.48. The third-order valence-electron chi connectivity index (χ3n) is 1.67. The summed E-state index contributed by atoms with van der Waals surface area (Å²) in [7, 11) is -8.51. The molecule has 0 fully saturated rings. The lowest BCUT2D eigenvalue weighted by Gasteiger charge is -2.12. The predicted molar refractivity (Wildman–Crippen MR) is 57.2 cm³/mol. The molecule has 15 heavy (non-hydrogen) atoms. The maximum absolute atomic E-state index is 11.6. The number of nitrogens with two attached hydrogens (primary N) is 1. The van der Waals surface area contributed by atoms with Gasteiger partial charge in [0.25, 0.3) is 0 Å². The zero-order valence-electron chi connectivity index (χ0n) is 7.65. The van der Waals surface area contributed by atoms with Crippen LogP contribution in [0.2, 0.25) is 0 Å². The van der Waals surface area contributed by atoms with Crippen molar-refractivity contribution in [2.75, 3.05) is 11.6 Å². The number of hydrogen-bond donors (Lipinski definition) is 4. The first kappa shape index (κ1) is 12.4. The van der Waals surface area contributed by atoms with Crippen LogP contribution in [0.15, 0.2) is 24.3 Å². The first-order valence-corrected chi connectivity index (χ1v) is 7.57. The minimum absolute atomic E-state index is 0.0139. The van der Waals surface area contributed by atoms with Gasteiger partial charge in [-0.1, -0.05) is 0 Å². The Balaban J connectivity index is 3.01. The topological polar surface area (TPSA) is 121 Å². The Labute approximate surface area is 86.4 Å². The van der Waals surface area contributed by atoms with Gasteiger partial charge in [-0.25, -0.2) is 0 Å². The largest absolute Gasteiger partial charge is 0.399 e. The third-order valence-corrected chi connectivity index (χ3v) is 5.78. The molecule has 0 spiro atoms. The van der Waals surface area contributed by atoms with E-state index >= 15 is 0 Å². The summed E-state index contributed by atoms with van der Waals surface area (Å²) in [5, 5.41) is -0.0139. The van der Waals surface area contributed by atoms with Gasteiger partial charge in [0.05, 0.1) is 0 Å². The third kappa shape index (κ3) is 3.78. The quantitative estimate of drug-likeness (QED) is 0.453. The van der Waals surface area contributed by atoms with Crippen LogP contribution in [0.4, 0.5) is 5.69 Å². The molecule has 6 nitrogen and oxygen atoms in total. The van der Waals surface area contributed by atoms with Crippen LogP contribution in [0.3, 0.4) is 0 Å². The summed E-state index contributed by atoms with van der Waals surface area (Å²) in [6.07, 6.45) is 0. The fourth-order valence-corrected chi connectivity index (χ4v) is 4.30. The molecule has 0 aromatic heterocycles. The fraction of sp³-hybridized carbons (Fsp3) is 0.143. The number of hydrogen-bond acceptors (Lipinski definition) is 3. The molecule has 1 unspecified atom stereocenters. The van der Waals surface area contributed by atoms with Crippen LogP contribution in [0.1, 0.15) is 0 Å². The van der Waals surface area contributed by atoms with Gasteiger partial charge in [-0.3, -0.25) is 9.13 Å². The van der Waals surface area contributed by atoms with E-state index in [0.717, 1.165) is 0 Å². The lowest BCUT2D eigenvalue weighted by Crippen LogP contribution is -2.07. The second kappa shape index (κ2) is 4.08. The fourth-order valence-electron chi connectivity index (χ4n) is 1.04. The molecule has 1 atom stereocenters. The zero-order valence-corrected chi connectivity index (χ0v) is 9.44. The van der Waals surface area contributed by atoms with E-state index in [-0.39, 0.29) is 5.30 Å². The Kier molecular flexibility index (Phi) is 3.38. The van der Waals surface area contributed by atoms with E-state index in [4.69, 9.17) is 15.5 Å². The summed E-state index contributed by atoms with van der Waals surface area (Å²) < 4.78 is 22.2. The van der Waals surface area contributed by atoms with Crippen LogP contribution in [0.5, 0.6) is 0 Å². The summed E-state index contributed by atoms with van der Waals surface area (Å²) in [6, 6.07) is 5.37. The number of benzene rings is 1. The smallest absolute Gasteiger partial charge is 0.335 e. The van der Waals surface area contributed by atoms with E-state index < -0.39 is 20.9 Å². The van der Waals surface area contributed by atoms with Gasteiger partial charge in [-0.05, 0) is 24.3 Å². The van der Waals surface area contributed by atoms with Gasteiger partial charge in [0.1, 0.15) is 5.90 Å². The van der Waals surface area contributed by atoms with Gasteiger partial charge in [0, 0.05) is 11.0 Å². The lowest BCUT2D eigenvalue weighted by molar-refractivity contribution is 0.376. The molecule has 0 saturated heterocycles. The highest BCUT2D eigenvalue weighted by molar-refractivity contribution is 7.77. The van der Waals surface area contributed by atoms with Crippen molar-refractivity contribution in [3.63, 3.8) is 0 Å². The minimum Gasteiger partial charge on any atom is -0.399 e. The van der Waals surface area contributed by atoms with Gasteiger partial charge in [-0.2, -0.15) is 0 Å². The molecule has 0 saturated carbocycles. The van der Waals surface area contributed by atoms with Crippen molar-refractivity contribution in [1.82, 2.24) is 0 Å². The maximum atomic E-state index is 11.6. The summed E-state index contributed by atoms with van der Waals surface area (Å²) in [6.45, 7) is 0. The van der Waals surface area contributed by atoms with Crippen LogP contribution >= 0.6 is 15.0 Å². The highest BCUT2D eigenvalue weighted by atomic mass is 31.2. The zero-order chi connectivity index (χ0) is 11.7. The Morgan fingerprint density at radius 3 is 1.93 bits per heavy atom. The van der Waals surface area contributed by atoms with Crippen molar-refractivity contribution >= 4 is 26.0 Å². The highest BCUT2D eigenvalue weighted by Crippen LogP contribution is 2.53. The Morgan fingerprint density at radius 2 is 1.53 bits per heavy atom. The summed E-state index contributed by atoms with van der Waals surface area (Å²) in [5.41, 5.74) is 5.78. The van der Waals surface area contributed by atoms with Gasteiger partial charge in [0.2, 0.25) is 7.37 Å². The molecule has 8 heteroatoms. The van der Waals surface area contributed by atoms with Gasteiger partial charge >= 0.3 is 7.60 Å². The summed E-state index contributed by atoms with van der Waals surface area (Å²) in [4.78, 5) is 26.7. The summed E-state index contributed by atoms with van der Waals surface area (Å²) >= 11 is 0. The van der Waals surface area contributed by atoms with Crippen LogP contribution < -0.4 is 11.0 Å². The average Bonchev–Trinajstić information content (AvgIpc) is 2.00. The molecule has 1 rings (SSSR count). The van der Waals surface area contributed by atoms with Gasteiger partial charge in [0.15, 0.2) is 0 Å².